The molecule has 0 saturated carbocycles. The van der Waals surface area contributed by atoms with Crippen molar-refractivity contribution in [2.24, 2.45) is 5.73 Å². The highest BCUT2D eigenvalue weighted by molar-refractivity contribution is 4.88. The number of nitrogens with zero attached hydrogens (tertiary/aromatic N) is 2. The fraction of sp³-hybridized carbons (Fsp3) is 0.778. The zero-order valence-corrected chi connectivity index (χ0v) is 8.91. The van der Waals surface area contributed by atoms with Crippen molar-refractivity contribution in [2.45, 2.75) is 32.3 Å². The third-order valence-electron chi connectivity index (χ3n) is 2.00. The van der Waals surface area contributed by atoms with E-state index in [-0.39, 0.29) is 5.60 Å². The summed E-state index contributed by atoms with van der Waals surface area (Å²) in [5.41, 5.74) is 5.10. The molecule has 0 aliphatic rings. The van der Waals surface area contributed by atoms with Crippen LogP contribution in [0.4, 0.5) is 0 Å². The minimum atomic E-state index is -0.271. The summed E-state index contributed by atoms with van der Waals surface area (Å²) in [5, 5.41) is 7.79. The molecule has 14 heavy (non-hydrogen) atoms. The quantitative estimate of drug-likeness (QED) is 0.749. The van der Waals surface area contributed by atoms with Crippen LogP contribution in [-0.4, -0.2) is 29.5 Å². The molecule has 0 aliphatic carbocycles. The number of hydrogen-bond acceptors (Lipinski definition) is 5. The predicted molar refractivity (Wildman–Crippen MR) is 51.8 cm³/mol. The Balaban J connectivity index is 2.59. The topological polar surface area (TPSA) is 74.2 Å². The Morgan fingerprint density at radius 3 is 2.57 bits per heavy atom. The summed E-state index contributed by atoms with van der Waals surface area (Å²) in [6, 6.07) is 0. The van der Waals surface area contributed by atoms with Gasteiger partial charge in [0.1, 0.15) is 0 Å². The zero-order valence-electron chi connectivity index (χ0n) is 8.91. The van der Waals surface area contributed by atoms with Crippen LogP contribution in [-0.2, 0) is 17.6 Å². The van der Waals surface area contributed by atoms with Gasteiger partial charge < -0.3 is 14.9 Å². The smallest absolute Gasteiger partial charge is 0.219 e. The van der Waals surface area contributed by atoms with Crippen LogP contribution in [0.2, 0.25) is 0 Å². The highest BCUT2D eigenvalue weighted by Crippen LogP contribution is 2.14. The minimum absolute atomic E-state index is 0.271. The Morgan fingerprint density at radius 2 is 2.00 bits per heavy atom. The molecule has 0 saturated heterocycles. The molecule has 0 aromatic carbocycles. The Hall–Kier alpha value is -0.940. The first-order valence-corrected chi connectivity index (χ1v) is 4.64. The third-order valence-corrected chi connectivity index (χ3v) is 2.00. The highest BCUT2D eigenvalue weighted by atomic mass is 16.5. The molecule has 1 aromatic rings. The standard InChI is InChI=1S/C9H17N3O2/c1-9(2,13-3)6-8-12-11-7(14-8)4-5-10/h4-6,10H2,1-3H3. The molecule has 0 radical (unpaired) electrons. The zero-order chi connectivity index (χ0) is 10.6. The molecule has 1 heterocycles. The van der Waals surface area contributed by atoms with Gasteiger partial charge in [0.05, 0.1) is 12.0 Å². The molecule has 5 nitrogen and oxygen atoms in total. The van der Waals surface area contributed by atoms with Gasteiger partial charge in [0.15, 0.2) is 0 Å². The fourth-order valence-corrected chi connectivity index (χ4v) is 1.02. The van der Waals surface area contributed by atoms with Gasteiger partial charge in [-0.3, -0.25) is 0 Å². The van der Waals surface area contributed by atoms with Crippen LogP contribution in [0.25, 0.3) is 0 Å². The average molecular weight is 199 g/mol. The molecule has 1 rings (SSSR count). The van der Waals surface area contributed by atoms with Crippen LogP contribution < -0.4 is 5.73 Å². The van der Waals surface area contributed by atoms with Gasteiger partial charge in [-0.2, -0.15) is 0 Å². The van der Waals surface area contributed by atoms with E-state index in [1.54, 1.807) is 7.11 Å². The van der Waals surface area contributed by atoms with Crippen molar-refractivity contribution < 1.29 is 9.15 Å². The second-order valence-corrected chi connectivity index (χ2v) is 3.77. The first-order valence-electron chi connectivity index (χ1n) is 4.64. The Morgan fingerprint density at radius 1 is 1.36 bits per heavy atom. The Labute approximate surface area is 83.6 Å². The summed E-state index contributed by atoms with van der Waals surface area (Å²) in [7, 11) is 1.66. The molecule has 5 heteroatoms. The van der Waals surface area contributed by atoms with Gasteiger partial charge in [0.2, 0.25) is 11.8 Å². The first kappa shape index (κ1) is 11.1. The molecule has 0 unspecified atom stereocenters. The number of aromatic nitrogens is 2. The lowest BCUT2D eigenvalue weighted by Gasteiger charge is -2.20. The summed E-state index contributed by atoms with van der Waals surface area (Å²) in [4.78, 5) is 0. The van der Waals surface area contributed by atoms with E-state index in [1.165, 1.54) is 0 Å². The van der Waals surface area contributed by atoms with Crippen molar-refractivity contribution in [3.05, 3.63) is 11.8 Å². The number of ether oxygens (including phenoxy) is 1. The summed E-state index contributed by atoms with van der Waals surface area (Å²) >= 11 is 0. The molecule has 0 spiro atoms. The van der Waals surface area contributed by atoms with E-state index in [0.717, 1.165) is 0 Å². The van der Waals surface area contributed by atoms with E-state index in [2.05, 4.69) is 10.2 Å². The van der Waals surface area contributed by atoms with Crippen molar-refractivity contribution in [3.63, 3.8) is 0 Å². The van der Waals surface area contributed by atoms with Gasteiger partial charge in [0, 0.05) is 20.1 Å². The average Bonchev–Trinajstić information content (AvgIpc) is 2.53. The van der Waals surface area contributed by atoms with E-state index in [0.29, 0.717) is 31.2 Å². The van der Waals surface area contributed by atoms with Gasteiger partial charge in [-0.1, -0.05) is 0 Å². The van der Waals surface area contributed by atoms with Crippen LogP contribution in [0.15, 0.2) is 4.42 Å². The second-order valence-electron chi connectivity index (χ2n) is 3.77. The van der Waals surface area contributed by atoms with E-state index < -0.39 is 0 Å². The highest BCUT2D eigenvalue weighted by Gasteiger charge is 2.20. The Bertz CT molecular complexity index is 283. The van der Waals surface area contributed by atoms with Crippen molar-refractivity contribution in [1.82, 2.24) is 10.2 Å². The monoisotopic (exact) mass is 199 g/mol. The minimum Gasteiger partial charge on any atom is -0.425 e. The molecule has 0 bridgehead atoms. The molecular weight excluding hydrogens is 182 g/mol. The maximum absolute atomic E-state index is 5.38. The van der Waals surface area contributed by atoms with E-state index in [1.807, 2.05) is 13.8 Å². The van der Waals surface area contributed by atoms with E-state index in [4.69, 9.17) is 14.9 Å². The van der Waals surface area contributed by atoms with Crippen LogP contribution in [0.1, 0.15) is 25.6 Å². The van der Waals surface area contributed by atoms with Crippen LogP contribution in [0.3, 0.4) is 0 Å². The second kappa shape index (κ2) is 4.52. The van der Waals surface area contributed by atoms with Crippen molar-refractivity contribution in [3.8, 4) is 0 Å². The van der Waals surface area contributed by atoms with Gasteiger partial charge in [-0.05, 0) is 13.8 Å². The van der Waals surface area contributed by atoms with Crippen LogP contribution in [0, 0.1) is 0 Å². The number of hydrogen-bond donors (Lipinski definition) is 1. The normalized spacial score (nSPS) is 12.0. The van der Waals surface area contributed by atoms with E-state index >= 15 is 0 Å². The van der Waals surface area contributed by atoms with Crippen LogP contribution in [0.5, 0.6) is 0 Å². The molecule has 0 atom stereocenters. The predicted octanol–water partition coefficient (Wildman–Crippen LogP) is 0.538. The molecule has 2 N–H and O–H groups in total. The lowest BCUT2D eigenvalue weighted by molar-refractivity contribution is 0.0179. The molecular formula is C9H17N3O2. The van der Waals surface area contributed by atoms with Gasteiger partial charge in [0.25, 0.3) is 0 Å². The number of nitrogens with two attached hydrogens (primary N) is 1. The molecule has 80 valence electrons. The van der Waals surface area contributed by atoms with Crippen molar-refractivity contribution in [1.29, 1.82) is 0 Å². The lowest BCUT2D eigenvalue weighted by Crippen LogP contribution is -2.25. The summed E-state index contributed by atoms with van der Waals surface area (Å²) in [6.45, 7) is 4.47. The van der Waals surface area contributed by atoms with Crippen molar-refractivity contribution >= 4 is 0 Å². The number of methoxy groups -OCH3 is 1. The van der Waals surface area contributed by atoms with Gasteiger partial charge in [-0.15, -0.1) is 10.2 Å². The summed E-state index contributed by atoms with van der Waals surface area (Å²) < 4.78 is 10.6. The van der Waals surface area contributed by atoms with E-state index in [9.17, 15) is 0 Å². The molecule has 1 aromatic heterocycles. The first-order chi connectivity index (χ1) is 6.57. The third kappa shape index (κ3) is 3.08. The number of rotatable bonds is 5. The lowest BCUT2D eigenvalue weighted by atomic mass is 10.1. The molecule has 0 fully saturated rings. The fourth-order valence-electron chi connectivity index (χ4n) is 1.02. The largest absolute Gasteiger partial charge is 0.425 e. The van der Waals surface area contributed by atoms with Gasteiger partial charge >= 0.3 is 0 Å². The Kier molecular flexibility index (Phi) is 3.60. The summed E-state index contributed by atoms with van der Waals surface area (Å²) in [6.07, 6.45) is 1.24. The summed E-state index contributed by atoms with van der Waals surface area (Å²) in [5.74, 6) is 1.19. The SMILES string of the molecule is COC(C)(C)Cc1nnc(CCN)o1. The molecule has 0 aliphatic heterocycles. The van der Waals surface area contributed by atoms with Crippen LogP contribution >= 0.6 is 0 Å². The maximum atomic E-state index is 5.38. The van der Waals surface area contributed by atoms with Crippen molar-refractivity contribution in [2.75, 3.05) is 13.7 Å². The molecule has 0 amide bonds. The maximum Gasteiger partial charge on any atom is 0.219 e. The van der Waals surface area contributed by atoms with Gasteiger partial charge in [-0.25, -0.2) is 0 Å².